The smallest absolute Gasteiger partial charge is 0.253 e. The van der Waals surface area contributed by atoms with Gasteiger partial charge in [0.25, 0.3) is 5.91 Å². The fourth-order valence-electron chi connectivity index (χ4n) is 5.50. The van der Waals surface area contributed by atoms with Crippen LogP contribution in [-0.4, -0.2) is 77.4 Å². The number of ether oxygens (including phenoxy) is 2. The molecule has 47 heavy (non-hydrogen) atoms. The molecular formula is C38H40ClN3O5. The molecular weight excluding hydrogens is 614 g/mol. The number of carbonyl (C=O) groups is 1. The Kier molecular flexibility index (Phi) is 11.9. The maximum absolute atomic E-state index is 12.8. The second-order valence-electron chi connectivity index (χ2n) is 11.5. The van der Waals surface area contributed by atoms with Crippen LogP contribution in [0.1, 0.15) is 33.2 Å². The van der Waals surface area contributed by atoms with Crippen molar-refractivity contribution in [3.8, 4) is 11.5 Å². The number of hydrogen-bond acceptors (Lipinski definition) is 7. The molecule has 0 aliphatic carbocycles. The van der Waals surface area contributed by atoms with Gasteiger partial charge in [0, 0.05) is 62.0 Å². The second-order valence-corrected chi connectivity index (χ2v) is 12.0. The number of halogens is 1. The normalized spacial score (nSPS) is 12.6. The Morgan fingerprint density at radius 3 is 2.45 bits per heavy atom. The van der Waals surface area contributed by atoms with Crippen molar-refractivity contribution in [2.45, 2.75) is 25.1 Å². The molecule has 2 N–H and O–H groups in total. The van der Waals surface area contributed by atoms with Gasteiger partial charge in [-0.2, -0.15) is 0 Å². The van der Waals surface area contributed by atoms with Crippen molar-refractivity contribution in [3.05, 3.63) is 137 Å². The molecule has 2 atom stereocenters. The number of benzene rings is 4. The van der Waals surface area contributed by atoms with Crippen molar-refractivity contribution in [3.63, 3.8) is 0 Å². The van der Waals surface area contributed by atoms with E-state index in [-0.39, 0.29) is 18.6 Å². The average Bonchev–Trinajstić information content (AvgIpc) is 3.10. The first-order chi connectivity index (χ1) is 22.8. The van der Waals surface area contributed by atoms with Crippen molar-refractivity contribution in [2.75, 3.05) is 40.5 Å². The minimum absolute atomic E-state index is 0.0803. The average molecular weight is 654 g/mol. The van der Waals surface area contributed by atoms with Gasteiger partial charge in [0.1, 0.15) is 11.5 Å². The van der Waals surface area contributed by atoms with E-state index in [0.717, 1.165) is 22.1 Å². The van der Waals surface area contributed by atoms with Gasteiger partial charge in [-0.3, -0.25) is 14.7 Å². The topological polar surface area (TPSA) is 95.4 Å². The lowest BCUT2D eigenvalue weighted by atomic mass is 10.0. The highest BCUT2D eigenvalue weighted by molar-refractivity contribution is 6.30. The van der Waals surface area contributed by atoms with Gasteiger partial charge in [-0.05, 0) is 71.6 Å². The summed E-state index contributed by atoms with van der Waals surface area (Å²) in [4.78, 5) is 21.0. The molecule has 1 heterocycles. The molecule has 0 fully saturated rings. The van der Waals surface area contributed by atoms with Gasteiger partial charge >= 0.3 is 0 Å². The summed E-state index contributed by atoms with van der Waals surface area (Å²) < 4.78 is 11.3. The highest BCUT2D eigenvalue weighted by Crippen LogP contribution is 2.30. The molecule has 9 heteroatoms. The molecule has 0 radical (unpaired) electrons. The number of methoxy groups -OCH3 is 1. The summed E-state index contributed by atoms with van der Waals surface area (Å²) in [7, 11) is 3.35. The lowest BCUT2D eigenvalue weighted by molar-refractivity contribution is 0.0566. The van der Waals surface area contributed by atoms with Gasteiger partial charge in [-0.25, -0.2) is 0 Å². The van der Waals surface area contributed by atoms with Crippen molar-refractivity contribution >= 4 is 28.4 Å². The van der Waals surface area contributed by atoms with E-state index in [1.165, 1.54) is 0 Å². The number of likely N-dealkylation sites (N-methyl/N-ethyl adjacent to an activating group) is 1. The Bertz CT molecular complexity index is 1750. The van der Waals surface area contributed by atoms with Crippen LogP contribution in [0.2, 0.25) is 5.02 Å². The lowest BCUT2D eigenvalue weighted by Crippen LogP contribution is -2.41. The summed E-state index contributed by atoms with van der Waals surface area (Å²) in [6, 6.07) is 32.0. The third-order valence-electron chi connectivity index (χ3n) is 8.15. The van der Waals surface area contributed by atoms with Crippen LogP contribution in [0.15, 0.2) is 109 Å². The van der Waals surface area contributed by atoms with Gasteiger partial charge in [0.05, 0.1) is 24.8 Å². The first-order valence-electron chi connectivity index (χ1n) is 15.6. The first kappa shape index (κ1) is 34.0. The van der Waals surface area contributed by atoms with E-state index in [1.54, 1.807) is 55.6 Å². The van der Waals surface area contributed by atoms with E-state index < -0.39 is 6.10 Å². The van der Waals surface area contributed by atoms with E-state index in [1.807, 2.05) is 72.8 Å². The summed E-state index contributed by atoms with van der Waals surface area (Å²) in [6.07, 6.45) is 1.46. The van der Waals surface area contributed by atoms with Gasteiger partial charge in [-0.1, -0.05) is 66.2 Å². The molecule has 5 rings (SSSR count). The summed E-state index contributed by atoms with van der Waals surface area (Å²) in [5.41, 5.74) is 4.05. The Morgan fingerprint density at radius 1 is 0.936 bits per heavy atom. The fraction of sp³-hybridized carbons (Fsp3) is 0.263. The van der Waals surface area contributed by atoms with Crippen LogP contribution in [0.5, 0.6) is 11.5 Å². The van der Waals surface area contributed by atoms with Crippen LogP contribution >= 0.6 is 11.6 Å². The largest absolute Gasteiger partial charge is 0.457 e. The minimum Gasteiger partial charge on any atom is -0.457 e. The van der Waals surface area contributed by atoms with E-state index in [4.69, 9.17) is 21.1 Å². The van der Waals surface area contributed by atoms with Crippen LogP contribution in [0.4, 0.5) is 0 Å². The van der Waals surface area contributed by atoms with Crippen molar-refractivity contribution in [1.82, 2.24) is 14.8 Å². The van der Waals surface area contributed by atoms with E-state index >= 15 is 0 Å². The molecule has 0 saturated carbocycles. The molecule has 244 valence electrons. The summed E-state index contributed by atoms with van der Waals surface area (Å²) in [5, 5.41) is 23.0. The molecule has 0 aliphatic heterocycles. The molecule has 0 spiro atoms. The van der Waals surface area contributed by atoms with Crippen molar-refractivity contribution in [2.24, 2.45) is 0 Å². The number of pyridine rings is 1. The fourth-order valence-corrected chi connectivity index (χ4v) is 5.70. The van der Waals surface area contributed by atoms with Crippen LogP contribution in [-0.2, 0) is 17.7 Å². The van der Waals surface area contributed by atoms with Gasteiger partial charge in [0.2, 0.25) is 0 Å². The summed E-state index contributed by atoms with van der Waals surface area (Å²) >= 11 is 6.19. The molecule has 0 unspecified atom stereocenters. The van der Waals surface area contributed by atoms with Crippen LogP contribution in [0.3, 0.4) is 0 Å². The van der Waals surface area contributed by atoms with E-state index in [9.17, 15) is 15.0 Å². The number of aromatic nitrogens is 1. The zero-order chi connectivity index (χ0) is 33.2. The third kappa shape index (κ3) is 9.16. The molecule has 1 aromatic heterocycles. The van der Waals surface area contributed by atoms with Crippen LogP contribution in [0.25, 0.3) is 10.9 Å². The quantitative estimate of drug-likeness (QED) is 0.133. The van der Waals surface area contributed by atoms with Gasteiger partial charge in [-0.15, -0.1) is 0 Å². The van der Waals surface area contributed by atoms with Gasteiger partial charge < -0.3 is 24.6 Å². The number of rotatable bonds is 15. The van der Waals surface area contributed by atoms with Crippen LogP contribution in [0, 0.1) is 0 Å². The maximum atomic E-state index is 12.8. The molecule has 0 saturated heterocycles. The Morgan fingerprint density at radius 2 is 1.72 bits per heavy atom. The van der Waals surface area contributed by atoms with Crippen molar-refractivity contribution < 1.29 is 24.5 Å². The number of amides is 1. The standard InChI is InChI=1S/C38H40ClN3O5/c1-41(19-20-46-2)38(45)30-13-16-34-35(23-30)40-18-17-37(34)47-33-14-11-27(12-15-33)21-32(26-43)42(24-28-7-4-3-5-8-28)25-36(44)29-9-6-10-31(39)22-29/h3-18,22-23,32,36,43-44H,19-21,24-26H2,1-2H3/t32-,36+/m0/s1. The second kappa shape index (κ2) is 16.5. The Hall–Kier alpha value is -4.31. The molecule has 0 aliphatic rings. The SMILES string of the molecule is COCCN(C)C(=O)c1ccc2c(Oc3ccc(C[C@@H](CO)N(Cc4ccccc4)C[C@@H](O)c4cccc(Cl)c4)cc3)ccnc2c1. The zero-order valence-electron chi connectivity index (χ0n) is 26.6. The molecule has 0 bridgehead atoms. The number of aliphatic hydroxyl groups excluding tert-OH is 2. The molecule has 1 amide bonds. The predicted octanol–water partition coefficient (Wildman–Crippen LogP) is 6.54. The molecule has 8 nitrogen and oxygen atoms in total. The molecule has 5 aromatic rings. The predicted molar refractivity (Wildman–Crippen MR) is 185 cm³/mol. The maximum Gasteiger partial charge on any atom is 0.253 e. The minimum atomic E-state index is -0.775. The summed E-state index contributed by atoms with van der Waals surface area (Å²) in [6.45, 7) is 1.77. The number of fused-ring (bicyclic) bond motifs is 1. The van der Waals surface area contributed by atoms with Gasteiger partial charge in [0.15, 0.2) is 0 Å². The first-order valence-corrected chi connectivity index (χ1v) is 15.9. The van der Waals surface area contributed by atoms with E-state index in [0.29, 0.717) is 60.3 Å². The van der Waals surface area contributed by atoms with E-state index in [2.05, 4.69) is 9.88 Å². The van der Waals surface area contributed by atoms with Crippen LogP contribution < -0.4 is 4.74 Å². The molecule has 4 aromatic carbocycles. The lowest BCUT2D eigenvalue weighted by Gasteiger charge is -2.32. The monoisotopic (exact) mass is 653 g/mol. The number of nitrogens with zero attached hydrogens (tertiary/aromatic N) is 3. The third-order valence-corrected chi connectivity index (χ3v) is 8.38. The number of carbonyl (C=O) groups excluding carboxylic acids is 1. The highest BCUT2D eigenvalue weighted by Gasteiger charge is 2.23. The number of aliphatic hydroxyl groups is 2. The zero-order valence-corrected chi connectivity index (χ0v) is 27.4. The summed E-state index contributed by atoms with van der Waals surface area (Å²) in [5.74, 6) is 1.18. The Labute approximate surface area is 280 Å². The Balaban J connectivity index is 1.29. The highest BCUT2D eigenvalue weighted by atomic mass is 35.5. The number of hydrogen-bond donors (Lipinski definition) is 2. The van der Waals surface area contributed by atoms with Crippen molar-refractivity contribution in [1.29, 1.82) is 0 Å².